The second kappa shape index (κ2) is 6.13. The lowest BCUT2D eigenvalue weighted by molar-refractivity contribution is -0.143. The number of ether oxygens (including phenoxy) is 1. The van der Waals surface area contributed by atoms with Crippen LogP contribution < -0.4 is 0 Å². The number of nitrogens with zero attached hydrogens (tertiary/aromatic N) is 1. The average molecular weight is 269 g/mol. The number of aliphatic hydroxyl groups is 1. The molecule has 1 aromatic heterocycles. The molecule has 1 saturated carbocycles. The number of thiazole rings is 1. The van der Waals surface area contributed by atoms with Crippen LogP contribution in [0.25, 0.3) is 0 Å². The zero-order valence-corrected chi connectivity index (χ0v) is 12.1. The van der Waals surface area contributed by atoms with Gasteiger partial charge in [0.2, 0.25) is 0 Å². The molecule has 4 heteroatoms. The molecular weight excluding hydrogens is 246 g/mol. The standard InChI is InChI=1S/C14H23NO2S/c1-3-17-14(6-4-11(2)5-7-14)12(16)10-13-15-8-9-18-13/h8-9,11-12,16H,3-7,10H2,1-2H3. The summed E-state index contributed by atoms with van der Waals surface area (Å²) in [6.07, 6.45) is 6.21. The maximum atomic E-state index is 10.6. The monoisotopic (exact) mass is 269 g/mol. The predicted octanol–water partition coefficient (Wildman–Crippen LogP) is 3.03. The van der Waals surface area contributed by atoms with Gasteiger partial charge in [-0.25, -0.2) is 4.98 Å². The molecule has 1 heterocycles. The largest absolute Gasteiger partial charge is 0.390 e. The van der Waals surface area contributed by atoms with Gasteiger partial charge in [0.05, 0.1) is 16.7 Å². The summed E-state index contributed by atoms with van der Waals surface area (Å²) in [7, 11) is 0. The van der Waals surface area contributed by atoms with Crippen LogP contribution in [0.2, 0.25) is 0 Å². The van der Waals surface area contributed by atoms with Gasteiger partial charge in [0.1, 0.15) is 0 Å². The van der Waals surface area contributed by atoms with Crippen molar-refractivity contribution >= 4 is 11.3 Å². The summed E-state index contributed by atoms with van der Waals surface area (Å²) in [5, 5.41) is 13.5. The Morgan fingerprint density at radius 2 is 2.28 bits per heavy atom. The molecule has 0 bridgehead atoms. The highest BCUT2D eigenvalue weighted by Crippen LogP contribution is 2.38. The zero-order valence-electron chi connectivity index (χ0n) is 11.3. The minimum Gasteiger partial charge on any atom is -0.390 e. The predicted molar refractivity (Wildman–Crippen MR) is 73.8 cm³/mol. The van der Waals surface area contributed by atoms with Crippen molar-refractivity contribution in [2.24, 2.45) is 5.92 Å². The molecule has 3 nitrogen and oxygen atoms in total. The van der Waals surface area contributed by atoms with Crippen molar-refractivity contribution in [2.45, 2.75) is 57.7 Å². The molecule has 18 heavy (non-hydrogen) atoms. The Kier molecular flexibility index (Phi) is 4.76. The fraction of sp³-hybridized carbons (Fsp3) is 0.786. The van der Waals surface area contributed by atoms with Gasteiger partial charge in [-0.3, -0.25) is 0 Å². The SMILES string of the molecule is CCOC1(C(O)Cc2nccs2)CCC(C)CC1. The van der Waals surface area contributed by atoms with E-state index in [0.717, 1.165) is 36.6 Å². The van der Waals surface area contributed by atoms with Crippen LogP contribution in [0.3, 0.4) is 0 Å². The van der Waals surface area contributed by atoms with E-state index < -0.39 is 6.10 Å². The molecule has 1 aliphatic rings. The van der Waals surface area contributed by atoms with Crippen molar-refractivity contribution in [3.63, 3.8) is 0 Å². The Bertz CT molecular complexity index is 345. The van der Waals surface area contributed by atoms with E-state index in [1.54, 1.807) is 17.5 Å². The van der Waals surface area contributed by atoms with E-state index in [2.05, 4.69) is 11.9 Å². The van der Waals surface area contributed by atoms with E-state index in [4.69, 9.17) is 4.74 Å². The quantitative estimate of drug-likeness (QED) is 0.893. The highest BCUT2D eigenvalue weighted by atomic mass is 32.1. The summed E-state index contributed by atoms with van der Waals surface area (Å²) < 4.78 is 5.96. The summed E-state index contributed by atoms with van der Waals surface area (Å²) >= 11 is 1.61. The van der Waals surface area contributed by atoms with Crippen LogP contribution in [0.5, 0.6) is 0 Å². The van der Waals surface area contributed by atoms with Crippen LogP contribution in [-0.4, -0.2) is 28.4 Å². The van der Waals surface area contributed by atoms with Gasteiger partial charge in [-0.05, 0) is 38.5 Å². The zero-order chi connectivity index (χ0) is 13.0. The van der Waals surface area contributed by atoms with Crippen LogP contribution in [0.15, 0.2) is 11.6 Å². The van der Waals surface area contributed by atoms with E-state index >= 15 is 0 Å². The van der Waals surface area contributed by atoms with Gasteiger partial charge < -0.3 is 9.84 Å². The minimum absolute atomic E-state index is 0.340. The maximum Gasteiger partial charge on any atom is 0.0951 e. The highest BCUT2D eigenvalue weighted by molar-refractivity contribution is 7.09. The van der Waals surface area contributed by atoms with Crippen molar-refractivity contribution in [1.29, 1.82) is 0 Å². The van der Waals surface area contributed by atoms with Crippen LogP contribution >= 0.6 is 11.3 Å². The first-order valence-corrected chi connectivity index (χ1v) is 7.74. The van der Waals surface area contributed by atoms with E-state index in [-0.39, 0.29) is 5.60 Å². The van der Waals surface area contributed by atoms with Gasteiger partial charge >= 0.3 is 0 Å². The summed E-state index contributed by atoms with van der Waals surface area (Å²) in [6.45, 7) is 4.96. The van der Waals surface area contributed by atoms with Gasteiger partial charge in [-0.1, -0.05) is 6.92 Å². The molecule has 102 valence electrons. The van der Waals surface area contributed by atoms with E-state index in [1.165, 1.54) is 0 Å². The van der Waals surface area contributed by atoms with Crippen LogP contribution in [0, 0.1) is 5.92 Å². The lowest BCUT2D eigenvalue weighted by Gasteiger charge is -2.42. The fourth-order valence-corrected chi connectivity index (χ4v) is 3.47. The lowest BCUT2D eigenvalue weighted by atomic mass is 9.75. The molecule has 0 amide bonds. The van der Waals surface area contributed by atoms with Crippen molar-refractivity contribution in [1.82, 2.24) is 4.98 Å². The summed E-state index contributed by atoms with van der Waals surface area (Å²) in [5.41, 5.74) is -0.340. The number of hydrogen-bond donors (Lipinski definition) is 1. The van der Waals surface area contributed by atoms with E-state index in [1.807, 2.05) is 12.3 Å². The molecular formula is C14H23NO2S. The number of aromatic nitrogens is 1. The first-order chi connectivity index (χ1) is 8.66. The van der Waals surface area contributed by atoms with E-state index in [0.29, 0.717) is 13.0 Å². The van der Waals surface area contributed by atoms with Crippen molar-refractivity contribution < 1.29 is 9.84 Å². The molecule has 0 aromatic carbocycles. The lowest BCUT2D eigenvalue weighted by Crippen LogP contribution is -2.48. The molecule has 1 aliphatic carbocycles. The Labute approximate surface area is 113 Å². The summed E-state index contributed by atoms with van der Waals surface area (Å²) in [5.74, 6) is 0.755. The Morgan fingerprint density at radius 3 is 2.83 bits per heavy atom. The molecule has 0 spiro atoms. The molecule has 2 rings (SSSR count). The van der Waals surface area contributed by atoms with Crippen molar-refractivity contribution in [3.05, 3.63) is 16.6 Å². The molecule has 0 saturated heterocycles. The van der Waals surface area contributed by atoms with Crippen LogP contribution in [0.1, 0.15) is 44.5 Å². The van der Waals surface area contributed by atoms with Crippen LogP contribution in [-0.2, 0) is 11.2 Å². The molecule has 1 aromatic rings. The number of rotatable bonds is 5. The Hall–Kier alpha value is -0.450. The smallest absolute Gasteiger partial charge is 0.0951 e. The summed E-state index contributed by atoms with van der Waals surface area (Å²) in [6, 6.07) is 0. The molecule has 1 unspecified atom stereocenters. The summed E-state index contributed by atoms with van der Waals surface area (Å²) in [4.78, 5) is 4.26. The minimum atomic E-state index is -0.434. The maximum absolute atomic E-state index is 10.6. The average Bonchev–Trinajstić information content (AvgIpc) is 2.85. The fourth-order valence-electron chi connectivity index (χ4n) is 2.82. The molecule has 1 fully saturated rings. The topological polar surface area (TPSA) is 42.4 Å². The first kappa shape index (κ1) is 14.0. The third-order valence-corrected chi connectivity index (χ3v) is 4.81. The van der Waals surface area contributed by atoms with Gasteiger partial charge in [0.15, 0.2) is 0 Å². The van der Waals surface area contributed by atoms with Gasteiger partial charge in [0, 0.05) is 24.6 Å². The highest BCUT2D eigenvalue weighted by Gasteiger charge is 2.41. The molecule has 1 N–H and O–H groups in total. The van der Waals surface area contributed by atoms with Gasteiger partial charge in [0.25, 0.3) is 0 Å². The third-order valence-electron chi connectivity index (χ3n) is 4.01. The van der Waals surface area contributed by atoms with Crippen molar-refractivity contribution in [2.75, 3.05) is 6.61 Å². The number of hydrogen-bond acceptors (Lipinski definition) is 4. The van der Waals surface area contributed by atoms with Gasteiger partial charge in [-0.2, -0.15) is 0 Å². The van der Waals surface area contributed by atoms with Crippen LogP contribution in [0.4, 0.5) is 0 Å². The third kappa shape index (κ3) is 3.11. The normalized spacial score (nSPS) is 30.3. The van der Waals surface area contributed by atoms with Gasteiger partial charge in [-0.15, -0.1) is 11.3 Å². The first-order valence-electron chi connectivity index (χ1n) is 6.86. The van der Waals surface area contributed by atoms with Crippen molar-refractivity contribution in [3.8, 4) is 0 Å². The number of aliphatic hydroxyl groups excluding tert-OH is 1. The second-order valence-electron chi connectivity index (χ2n) is 5.33. The van der Waals surface area contributed by atoms with E-state index in [9.17, 15) is 5.11 Å². The molecule has 0 aliphatic heterocycles. The Balaban J connectivity index is 2.04. The molecule has 0 radical (unpaired) electrons. The second-order valence-corrected chi connectivity index (χ2v) is 6.31. The molecule has 1 atom stereocenters. The Morgan fingerprint density at radius 1 is 1.56 bits per heavy atom.